The summed E-state index contributed by atoms with van der Waals surface area (Å²) in [5.74, 6) is 0.169. The van der Waals surface area contributed by atoms with E-state index in [2.05, 4.69) is 5.32 Å². The molecule has 1 unspecified atom stereocenters. The Labute approximate surface area is 144 Å². The van der Waals surface area contributed by atoms with Gasteiger partial charge < -0.3 is 10.1 Å². The highest BCUT2D eigenvalue weighted by atomic mass is 35.5. The fraction of sp³-hybridized carbons (Fsp3) is 0.188. The zero-order valence-electron chi connectivity index (χ0n) is 11.8. The van der Waals surface area contributed by atoms with Gasteiger partial charge in [0.05, 0.1) is 5.02 Å². The highest BCUT2D eigenvalue weighted by Gasteiger charge is 2.16. The number of nitrogens with one attached hydrogen (secondary N) is 1. The molecule has 1 amide bonds. The van der Waals surface area contributed by atoms with Crippen LogP contribution in [0.1, 0.15) is 12.5 Å². The molecular weight excluding hydrogens is 345 g/mol. The summed E-state index contributed by atoms with van der Waals surface area (Å²) in [7, 11) is 0. The minimum atomic E-state index is -0.683. The molecule has 3 nitrogen and oxygen atoms in total. The van der Waals surface area contributed by atoms with E-state index in [1.807, 2.05) is 12.1 Å². The Morgan fingerprint density at radius 3 is 2.55 bits per heavy atom. The van der Waals surface area contributed by atoms with Gasteiger partial charge in [-0.05, 0) is 42.8 Å². The number of ether oxygens (including phenoxy) is 1. The molecule has 2 aromatic rings. The van der Waals surface area contributed by atoms with Crippen molar-refractivity contribution in [2.75, 3.05) is 0 Å². The van der Waals surface area contributed by atoms with Crippen LogP contribution in [0.25, 0.3) is 0 Å². The lowest BCUT2D eigenvalue weighted by molar-refractivity contribution is -0.127. The van der Waals surface area contributed by atoms with Crippen molar-refractivity contribution in [2.45, 2.75) is 19.6 Å². The van der Waals surface area contributed by atoms with Gasteiger partial charge in [-0.25, -0.2) is 0 Å². The molecule has 0 heterocycles. The van der Waals surface area contributed by atoms with Crippen LogP contribution >= 0.6 is 34.8 Å². The van der Waals surface area contributed by atoms with Gasteiger partial charge in [-0.3, -0.25) is 4.79 Å². The number of amides is 1. The molecule has 0 radical (unpaired) electrons. The van der Waals surface area contributed by atoms with E-state index in [1.54, 1.807) is 37.3 Å². The fourth-order valence-electron chi connectivity index (χ4n) is 1.79. The molecule has 0 saturated carbocycles. The average Bonchev–Trinajstić information content (AvgIpc) is 2.47. The number of benzene rings is 2. The van der Waals surface area contributed by atoms with Crippen LogP contribution in [-0.2, 0) is 11.3 Å². The molecule has 0 aliphatic carbocycles. The Morgan fingerprint density at radius 1 is 1.14 bits per heavy atom. The number of halogens is 3. The van der Waals surface area contributed by atoms with Gasteiger partial charge in [-0.2, -0.15) is 0 Å². The van der Waals surface area contributed by atoms with Gasteiger partial charge >= 0.3 is 0 Å². The Morgan fingerprint density at radius 2 is 1.86 bits per heavy atom. The highest BCUT2D eigenvalue weighted by molar-refractivity contribution is 6.35. The lowest BCUT2D eigenvalue weighted by Gasteiger charge is -2.16. The number of hydrogen-bond acceptors (Lipinski definition) is 2. The van der Waals surface area contributed by atoms with Crippen molar-refractivity contribution in [3.63, 3.8) is 0 Å². The lowest BCUT2D eigenvalue weighted by atomic mass is 10.2. The summed E-state index contributed by atoms with van der Waals surface area (Å²) in [6, 6.07) is 12.1. The molecule has 2 aromatic carbocycles. The number of carbonyl (C=O) groups is 1. The third-order valence-electron chi connectivity index (χ3n) is 2.92. The van der Waals surface area contributed by atoms with E-state index in [1.165, 1.54) is 0 Å². The quantitative estimate of drug-likeness (QED) is 0.839. The van der Waals surface area contributed by atoms with Crippen LogP contribution in [0.5, 0.6) is 5.75 Å². The van der Waals surface area contributed by atoms with Crippen molar-refractivity contribution < 1.29 is 9.53 Å². The molecule has 0 spiro atoms. The molecule has 0 saturated heterocycles. The van der Waals surface area contributed by atoms with Crippen LogP contribution < -0.4 is 10.1 Å². The lowest BCUT2D eigenvalue weighted by Crippen LogP contribution is -2.35. The van der Waals surface area contributed by atoms with Gasteiger partial charge in [0.1, 0.15) is 5.75 Å². The third kappa shape index (κ3) is 4.80. The molecule has 2 rings (SSSR count). The van der Waals surface area contributed by atoms with Gasteiger partial charge in [-0.15, -0.1) is 0 Å². The van der Waals surface area contributed by atoms with Gasteiger partial charge in [0.25, 0.3) is 5.91 Å². The smallest absolute Gasteiger partial charge is 0.261 e. The molecule has 0 aliphatic rings. The van der Waals surface area contributed by atoms with E-state index in [4.69, 9.17) is 39.5 Å². The Hall–Kier alpha value is -1.42. The zero-order chi connectivity index (χ0) is 16.1. The predicted octanol–water partition coefficient (Wildman–Crippen LogP) is 4.73. The largest absolute Gasteiger partial charge is 0.479 e. The van der Waals surface area contributed by atoms with Crippen LogP contribution in [0.4, 0.5) is 0 Å². The minimum Gasteiger partial charge on any atom is -0.479 e. The minimum absolute atomic E-state index is 0.244. The molecule has 6 heteroatoms. The monoisotopic (exact) mass is 357 g/mol. The summed E-state index contributed by atoms with van der Waals surface area (Å²) in [5, 5.41) is 4.29. The van der Waals surface area contributed by atoms with E-state index in [0.29, 0.717) is 27.4 Å². The van der Waals surface area contributed by atoms with Crippen LogP contribution in [0, 0.1) is 0 Å². The molecule has 116 valence electrons. The summed E-state index contributed by atoms with van der Waals surface area (Å²) in [4.78, 5) is 12.0. The molecule has 0 bridgehead atoms. The Balaban J connectivity index is 1.92. The van der Waals surface area contributed by atoms with Crippen molar-refractivity contribution in [1.82, 2.24) is 5.32 Å². The maximum absolute atomic E-state index is 12.0. The molecule has 1 atom stereocenters. The van der Waals surface area contributed by atoms with Crippen molar-refractivity contribution in [3.05, 3.63) is 63.1 Å². The standard InChI is InChI=1S/C16H14Cl3NO2/c1-10(22-15-6-5-13(18)8-14(15)19)16(21)20-9-11-3-2-4-12(17)7-11/h2-8,10H,9H2,1H3,(H,20,21). The number of rotatable bonds is 5. The fourth-order valence-corrected chi connectivity index (χ4v) is 2.46. The topological polar surface area (TPSA) is 38.3 Å². The van der Waals surface area contributed by atoms with Crippen molar-refractivity contribution >= 4 is 40.7 Å². The molecule has 0 aromatic heterocycles. The summed E-state index contributed by atoms with van der Waals surface area (Å²) in [5.41, 5.74) is 0.914. The Bertz CT molecular complexity index is 676. The molecule has 0 fully saturated rings. The summed E-state index contributed by atoms with van der Waals surface area (Å²) < 4.78 is 5.55. The van der Waals surface area contributed by atoms with Gasteiger partial charge in [-0.1, -0.05) is 46.9 Å². The predicted molar refractivity (Wildman–Crippen MR) is 89.9 cm³/mol. The van der Waals surface area contributed by atoms with Crippen LogP contribution in [0.3, 0.4) is 0 Å². The van der Waals surface area contributed by atoms with E-state index in [-0.39, 0.29) is 5.91 Å². The second-order valence-corrected chi connectivity index (χ2v) is 5.96. The molecular formula is C16H14Cl3NO2. The first kappa shape index (κ1) is 16.9. The second kappa shape index (κ2) is 7.73. The third-order valence-corrected chi connectivity index (χ3v) is 3.69. The van der Waals surface area contributed by atoms with Crippen molar-refractivity contribution in [2.24, 2.45) is 0 Å². The molecule has 1 N–H and O–H groups in total. The maximum atomic E-state index is 12.0. The van der Waals surface area contributed by atoms with Crippen LogP contribution in [0.2, 0.25) is 15.1 Å². The maximum Gasteiger partial charge on any atom is 0.261 e. The first-order valence-corrected chi connectivity index (χ1v) is 7.73. The van der Waals surface area contributed by atoms with E-state index < -0.39 is 6.10 Å². The summed E-state index contributed by atoms with van der Waals surface area (Å²) >= 11 is 17.7. The normalized spacial score (nSPS) is 11.8. The first-order valence-electron chi connectivity index (χ1n) is 6.59. The van der Waals surface area contributed by atoms with E-state index >= 15 is 0 Å². The number of carbonyl (C=O) groups excluding carboxylic acids is 1. The summed E-state index contributed by atoms with van der Waals surface area (Å²) in [6.07, 6.45) is -0.683. The molecule has 22 heavy (non-hydrogen) atoms. The average molecular weight is 359 g/mol. The number of hydrogen-bond donors (Lipinski definition) is 1. The van der Waals surface area contributed by atoms with Crippen molar-refractivity contribution in [1.29, 1.82) is 0 Å². The Kier molecular flexibility index (Phi) is 5.95. The second-order valence-electron chi connectivity index (χ2n) is 4.68. The zero-order valence-corrected chi connectivity index (χ0v) is 14.0. The van der Waals surface area contributed by atoms with Crippen LogP contribution in [0.15, 0.2) is 42.5 Å². The van der Waals surface area contributed by atoms with Gasteiger partial charge in [0, 0.05) is 16.6 Å². The first-order chi connectivity index (χ1) is 10.5. The highest BCUT2D eigenvalue weighted by Crippen LogP contribution is 2.28. The van der Waals surface area contributed by atoms with Gasteiger partial charge in [0.2, 0.25) is 0 Å². The van der Waals surface area contributed by atoms with Gasteiger partial charge in [0.15, 0.2) is 6.10 Å². The van der Waals surface area contributed by atoms with Crippen LogP contribution in [-0.4, -0.2) is 12.0 Å². The molecule has 0 aliphatic heterocycles. The summed E-state index contributed by atoms with van der Waals surface area (Å²) in [6.45, 7) is 2.03. The van der Waals surface area contributed by atoms with E-state index in [9.17, 15) is 4.79 Å². The van der Waals surface area contributed by atoms with Crippen molar-refractivity contribution in [3.8, 4) is 5.75 Å². The van der Waals surface area contributed by atoms with E-state index in [0.717, 1.165) is 5.56 Å². The SMILES string of the molecule is CC(Oc1ccc(Cl)cc1Cl)C(=O)NCc1cccc(Cl)c1.